The molecule has 0 bridgehead atoms. The molecule has 1 saturated heterocycles. The SMILES string of the molecule is CCOC(=O)Nc1ccc(N(Cc2ccc(F)cc2)C2OC(C(=O)O)C(O)C(O)C2O)nc1N. The number of hydrogen-bond acceptors (Lipinski definition) is 10. The molecule has 1 aromatic heterocycles. The Balaban J connectivity index is 1.98. The number of aromatic nitrogens is 1. The number of aliphatic carboxylic acids is 1. The zero-order valence-electron chi connectivity index (χ0n) is 18.0. The number of benzene rings is 1. The first kappa shape index (κ1) is 25.1. The number of halogens is 1. The number of carbonyl (C=O) groups is 2. The highest BCUT2D eigenvalue weighted by Gasteiger charge is 2.49. The third-order valence-electron chi connectivity index (χ3n) is 5.12. The van der Waals surface area contributed by atoms with Gasteiger partial charge in [-0.3, -0.25) is 5.32 Å². The van der Waals surface area contributed by atoms with Gasteiger partial charge in [0, 0.05) is 6.54 Å². The van der Waals surface area contributed by atoms with Crippen LogP contribution in [0.4, 0.5) is 26.5 Å². The summed E-state index contributed by atoms with van der Waals surface area (Å²) in [5, 5.41) is 42.7. The first-order valence-electron chi connectivity index (χ1n) is 10.3. The third-order valence-corrected chi connectivity index (χ3v) is 5.12. The molecule has 3 rings (SSSR count). The number of anilines is 3. The summed E-state index contributed by atoms with van der Waals surface area (Å²) in [5.41, 5.74) is 6.62. The number of carbonyl (C=O) groups excluding carboxylic acids is 1. The van der Waals surface area contributed by atoms with E-state index in [1.807, 2.05) is 0 Å². The normalized spacial score (nSPS) is 24.3. The van der Waals surface area contributed by atoms with Crippen molar-refractivity contribution < 1.29 is 43.9 Å². The van der Waals surface area contributed by atoms with Gasteiger partial charge in [-0.1, -0.05) is 12.1 Å². The number of nitrogens with two attached hydrogens (primary N) is 1. The lowest BCUT2D eigenvalue weighted by molar-refractivity contribution is -0.227. The zero-order valence-corrected chi connectivity index (χ0v) is 18.0. The van der Waals surface area contributed by atoms with Crippen LogP contribution in [0.5, 0.6) is 0 Å². The van der Waals surface area contributed by atoms with Gasteiger partial charge in [-0.05, 0) is 36.8 Å². The highest BCUT2D eigenvalue weighted by Crippen LogP contribution is 2.30. The molecule has 1 amide bonds. The maximum atomic E-state index is 13.4. The molecular formula is C21H25FN4O8. The molecule has 12 nitrogen and oxygen atoms in total. The van der Waals surface area contributed by atoms with E-state index in [4.69, 9.17) is 15.2 Å². The number of amides is 1. The van der Waals surface area contributed by atoms with Crippen LogP contribution >= 0.6 is 0 Å². The summed E-state index contributed by atoms with van der Waals surface area (Å²) in [4.78, 5) is 28.7. The molecular weight excluding hydrogens is 455 g/mol. The molecule has 2 aromatic rings. The Hall–Kier alpha value is -3.52. The minimum absolute atomic E-state index is 0.0751. The lowest BCUT2D eigenvalue weighted by Gasteiger charge is -2.44. The van der Waals surface area contributed by atoms with Crippen LogP contribution in [-0.2, 0) is 20.8 Å². The highest BCUT2D eigenvalue weighted by molar-refractivity contribution is 5.88. The van der Waals surface area contributed by atoms with Gasteiger partial charge < -0.3 is 40.5 Å². The molecule has 13 heteroatoms. The summed E-state index contributed by atoms with van der Waals surface area (Å²) in [6.45, 7) is 1.69. The number of carboxylic acids is 1. The number of nitrogen functional groups attached to an aromatic ring is 1. The van der Waals surface area contributed by atoms with Gasteiger partial charge in [0.2, 0.25) is 0 Å². The maximum Gasteiger partial charge on any atom is 0.411 e. The molecule has 5 unspecified atom stereocenters. The van der Waals surface area contributed by atoms with Crippen LogP contribution in [0.1, 0.15) is 12.5 Å². The number of pyridine rings is 1. The van der Waals surface area contributed by atoms with Crippen molar-refractivity contribution in [2.24, 2.45) is 0 Å². The molecule has 0 saturated carbocycles. The van der Waals surface area contributed by atoms with Crippen LogP contribution < -0.4 is 16.0 Å². The van der Waals surface area contributed by atoms with E-state index in [1.165, 1.54) is 41.3 Å². The molecule has 0 spiro atoms. The first-order valence-corrected chi connectivity index (χ1v) is 10.3. The number of ether oxygens (including phenoxy) is 2. The molecule has 7 N–H and O–H groups in total. The van der Waals surface area contributed by atoms with Crippen molar-refractivity contribution in [3.63, 3.8) is 0 Å². The van der Waals surface area contributed by atoms with Crippen LogP contribution in [0.15, 0.2) is 36.4 Å². The minimum atomic E-state index is -1.88. The Bertz CT molecular complexity index is 1020. The van der Waals surface area contributed by atoms with E-state index in [-0.39, 0.29) is 30.5 Å². The second kappa shape index (κ2) is 10.6. The van der Waals surface area contributed by atoms with Crippen molar-refractivity contribution in [3.8, 4) is 0 Å². The molecule has 34 heavy (non-hydrogen) atoms. The van der Waals surface area contributed by atoms with Crippen molar-refractivity contribution >= 4 is 29.4 Å². The van der Waals surface area contributed by atoms with Gasteiger partial charge >= 0.3 is 12.1 Å². The Labute approximate surface area is 193 Å². The third kappa shape index (κ3) is 5.51. The first-order chi connectivity index (χ1) is 16.1. The average Bonchev–Trinajstić information content (AvgIpc) is 2.79. The maximum absolute atomic E-state index is 13.4. The van der Waals surface area contributed by atoms with Gasteiger partial charge in [0.15, 0.2) is 12.3 Å². The molecule has 0 radical (unpaired) electrons. The van der Waals surface area contributed by atoms with Crippen molar-refractivity contribution in [2.75, 3.05) is 22.6 Å². The second-order valence-electron chi connectivity index (χ2n) is 7.46. The fourth-order valence-corrected chi connectivity index (χ4v) is 3.42. The number of aliphatic hydroxyl groups excluding tert-OH is 3. The monoisotopic (exact) mass is 480 g/mol. The summed E-state index contributed by atoms with van der Waals surface area (Å²) in [6.07, 6.45) is -9.56. The van der Waals surface area contributed by atoms with Crippen molar-refractivity contribution in [1.29, 1.82) is 0 Å². The molecule has 0 aliphatic carbocycles. The fraction of sp³-hybridized carbons (Fsp3) is 0.381. The number of carboxylic acid groups (broad SMARTS) is 1. The highest BCUT2D eigenvalue weighted by atomic mass is 19.1. The van der Waals surface area contributed by atoms with Gasteiger partial charge in [0.05, 0.1) is 12.3 Å². The fourth-order valence-electron chi connectivity index (χ4n) is 3.42. The number of nitrogens with one attached hydrogen (secondary N) is 1. The van der Waals surface area contributed by atoms with Crippen molar-refractivity contribution in [1.82, 2.24) is 4.98 Å². The summed E-state index contributed by atoms with van der Waals surface area (Å²) in [7, 11) is 0. The van der Waals surface area contributed by atoms with E-state index < -0.39 is 48.5 Å². The number of hydrogen-bond donors (Lipinski definition) is 6. The van der Waals surface area contributed by atoms with Crippen LogP contribution in [0, 0.1) is 5.82 Å². The average molecular weight is 480 g/mol. The molecule has 1 aromatic carbocycles. The van der Waals surface area contributed by atoms with E-state index in [1.54, 1.807) is 6.92 Å². The van der Waals surface area contributed by atoms with Gasteiger partial charge in [0.25, 0.3) is 0 Å². The van der Waals surface area contributed by atoms with E-state index in [0.29, 0.717) is 5.56 Å². The standard InChI is InChI=1S/C21H25FN4O8/c1-2-33-21(32)24-12-7-8-13(25-18(12)23)26(9-10-3-5-11(22)6-4-10)19-16(29)14(27)15(28)17(34-19)20(30)31/h3-8,14-17,19,27-29H,2,9H2,1H3,(H2,23,25)(H,24,32)(H,30,31). The predicted octanol–water partition coefficient (Wildman–Crippen LogP) is 0.270. The Morgan fingerprint density at radius 3 is 2.41 bits per heavy atom. The number of rotatable bonds is 7. The largest absolute Gasteiger partial charge is 0.479 e. The van der Waals surface area contributed by atoms with Crippen LogP contribution in [-0.4, -0.2) is 74.7 Å². The van der Waals surface area contributed by atoms with Gasteiger partial charge in [0.1, 0.15) is 35.8 Å². The van der Waals surface area contributed by atoms with Crippen LogP contribution in [0.2, 0.25) is 0 Å². The topological polar surface area (TPSA) is 188 Å². The minimum Gasteiger partial charge on any atom is -0.479 e. The Morgan fingerprint density at radius 1 is 1.15 bits per heavy atom. The van der Waals surface area contributed by atoms with Crippen LogP contribution in [0.3, 0.4) is 0 Å². The molecule has 1 aliphatic heterocycles. The quantitative estimate of drug-likeness (QED) is 0.319. The number of nitrogens with zero attached hydrogens (tertiary/aromatic N) is 2. The predicted molar refractivity (Wildman–Crippen MR) is 116 cm³/mol. The lowest BCUT2D eigenvalue weighted by atomic mass is 9.97. The van der Waals surface area contributed by atoms with Crippen molar-refractivity contribution in [2.45, 2.75) is 44.1 Å². The molecule has 1 fully saturated rings. The summed E-state index contributed by atoms with van der Waals surface area (Å²) in [5.74, 6) is -2.08. The van der Waals surface area contributed by atoms with E-state index in [0.717, 1.165) is 0 Å². The molecule has 1 aliphatic rings. The summed E-state index contributed by atoms with van der Waals surface area (Å²) < 4.78 is 23.6. The lowest BCUT2D eigenvalue weighted by Crippen LogP contribution is -2.64. The van der Waals surface area contributed by atoms with Crippen molar-refractivity contribution in [3.05, 3.63) is 47.8 Å². The van der Waals surface area contributed by atoms with E-state index in [2.05, 4.69) is 10.3 Å². The van der Waals surface area contributed by atoms with Gasteiger partial charge in [-0.25, -0.2) is 19.0 Å². The zero-order chi connectivity index (χ0) is 25.0. The Morgan fingerprint density at radius 2 is 1.82 bits per heavy atom. The Kier molecular flexibility index (Phi) is 7.83. The summed E-state index contributed by atoms with van der Waals surface area (Å²) in [6, 6.07) is 8.14. The van der Waals surface area contributed by atoms with Crippen LogP contribution in [0.25, 0.3) is 0 Å². The van der Waals surface area contributed by atoms with Gasteiger partial charge in [-0.2, -0.15) is 0 Å². The molecule has 184 valence electrons. The summed E-state index contributed by atoms with van der Waals surface area (Å²) >= 11 is 0. The van der Waals surface area contributed by atoms with Gasteiger partial charge in [-0.15, -0.1) is 0 Å². The van der Waals surface area contributed by atoms with E-state index >= 15 is 0 Å². The number of aliphatic hydroxyl groups is 3. The smallest absolute Gasteiger partial charge is 0.411 e. The second-order valence-corrected chi connectivity index (χ2v) is 7.46. The molecule has 2 heterocycles. The molecule has 5 atom stereocenters. The van der Waals surface area contributed by atoms with E-state index in [9.17, 15) is 34.4 Å².